The van der Waals surface area contributed by atoms with Crippen molar-refractivity contribution in [2.45, 2.75) is 19.4 Å². The molecule has 0 fully saturated rings. The van der Waals surface area contributed by atoms with E-state index in [9.17, 15) is 14.3 Å². The number of carboxylic acid groups (broad SMARTS) is 1. The summed E-state index contributed by atoms with van der Waals surface area (Å²) in [5, 5.41) is 19.6. The van der Waals surface area contributed by atoms with Gasteiger partial charge in [0.25, 0.3) is 0 Å². The molecule has 0 saturated carbocycles. The highest BCUT2D eigenvalue weighted by Gasteiger charge is 2.33. The van der Waals surface area contributed by atoms with E-state index in [0.29, 0.717) is 37.7 Å². The summed E-state index contributed by atoms with van der Waals surface area (Å²) < 4.78 is 41.0. The molecule has 0 aliphatic carbocycles. The number of thiazole rings is 1. The van der Waals surface area contributed by atoms with Gasteiger partial charge in [0.1, 0.15) is 16.9 Å². The number of amides is 1. The number of aromatic nitrogens is 3. The number of nitriles is 1. The normalized spacial score (nSPS) is 14.1. The summed E-state index contributed by atoms with van der Waals surface area (Å²) in [5.41, 5.74) is 3.93. The predicted molar refractivity (Wildman–Crippen MR) is 144 cm³/mol. The number of halogens is 2. The summed E-state index contributed by atoms with van der Waals surface area (Å²) in [7, 11) is 1.52. The van der Waals surface area contributed by atoms with Gasteiger partial charge >= 0.3 is 6.09 Å². The lowest BCUT2D eigenvalue weighted by molar-refractivity contribution is 0.190. The maximum atomic E-state index is 15.2. The van der Waals surface area contributed by atoms with E-state index in [1.54, 1.807) is 0 Å². The predicted octanol–water partition coefficient (Wildman–Crippen LogP) is 5.86. The van der Waals surface area contributed by atoms with Crippen molar-refractivity contribution in [3.05, 3.63) is 70.9 Å². The number of methoxy groups -OCH3 is 1. The van der Waals surface area contributed by atoms with Gasteiger partial charge < -0.3 is 14.6 Å². The Labute approximate surface area is 229 Å². The zero-order valence-electron chi connectivity index (χ0n) is 21.1. The fraction of sp³-hybridized carbons (Fsp3) is 0.179. The molecule has 200 valence electrons. The van der Waals surface area contributed by atoms with Crippen molar-refractivity contribution in [2.75, 3.05) is 18.6 Å². The van der Waals surface area contributed by atoms with Crippen molar-refractivity contribution in [2.24, 2.45) is 0 Å². The minimum absolute atomic E-state index is 0.0154. The lowest BCUT2D eigenvalue weighted by Gasteiger charge is -2.23. The van der Waals surface area contributed by atoms with Gasteiger partial charge in [-0.25, -0.2) is 28.5 Å². The Hall–Kier alpha value is -4.89. The third kappa shape index (κ3) is 4.40. The summed E-state index contributed by atoms with van der Waals surface area (Å²) in [5.74, 6) is -0.935. The molecule has 0 unspecified atom stereocenters. The van der Waals surface area contributed by atoms with E-state index < -0.39 is 23.8 Å². The molecule has 1 amide bonds. The summed E-state index contributed by atoms with van der Waals surface area (Å²) >= 11 is 1.36. The number of rotatable bonds is 5. The summed E-state index contributed by atoms with van der Waals surface area (Å²) in [4.78, 5) is 26.6. The fourth-order valence-corrected chi connectivity index (χ4v) is 5.96. The number of aryl methyl sites for hydroxylation is 1. The monoisotopic (exact) mass is 559 g/mol. The topological polar surface area (TPSA) is 121 Å². The van der Waals surface area contributed by atoms with Crippen LogP contribution in [0.15, 0.2) is 42.6 Å². The van der Waals surface area contributed by atoms with Crippen molar-refractivity contribution >= 4 is 44.4 Å². The Kier molecular flexibility index (Phi) is 6.15. The number of fused-ring (bicyclic) bond motifs is 4. The molecule has 1 aliphatic heterocycles. The van der Waals surface area contributed by atoms with E-state index >= 15 is 4.39 Å². The second-order valence-corrected chi connectivity index (χ2v) is 10.3. The Morgan fingerprint density at radius 1 is 1.23 bits per heavy atom. The van der Waals surface area contributed by atoms with Gasteiger partial charge in [0, 0.05) is 23.6 Å². The number of nitrogens with zero attached hydrogens (tertiary/aromatic N) is 5. The maximum Gasteiger partial charge on any atom is 0.411 e. The largest absolute Gasteiger partial charge is 0.485 e. The van der Waals surface area contributed by atoms with Crippen LogP contribution in [0.5, 0.6) is 11.6 Å². The van der Waals surface area contributed by atoms with Gasteiger partial charge in [0.2, 0.25) is 5.88 Å². The van der Waals surface area contributed by atoms with Crippen LogP contribution in [0.2, 0.25) is 0 Å². The first-order valence-electron chi connectivity index (χ1n) is 12.1. The van der Waals surface area contributed by atoms with E-state index in [2.05, 4.69) is 9.97 Å². The van der Waals surface area contributed by atoms with E-state index in [1.165, 1.54) is 36.8 Å². The van der Waals surface area contributed by atoms with Gasteiger partial charge in [-0.2, -0.15) is 5.26 Å². The SMILES string of the molecule is COc1cnc2c(-c3nc4cc(F)c5c(c4s3)C[C@H](CN(C(=O)O)c3cc(F)cc(C#N)c3)O5)cc(C)cc2n1. The van der Waals surface area contributed by atoms with E-state index in [4.69, 9.17) is 19.7 Å². The molecule has 9 nitrogen and oxygen atoms in total. The number of benzene rings is 3. The van der Waals surface area contributed by atoms with Crippen molar-refractivity contribution in [1.82, 2.24) is 15.0 Å². The van der Waals surface area contributed by atoms with Gasteiger partial charge in [0.05, 0.1) is 58.4 Å². The molecule has 1 atom stereocenters. The number of carbonyl (C=O) groups is 1. The summed E-state index contributed by atoms with van der Waals surface area (Å²) in [6.45, 7) is 1.73. The molecule has 1 aliphatic rings. The first-order chi connectivity index (χ1) is 19.2. The first-order valence-corrected chi connectivity index (χ1v) is 12.9. The Morgan fingerprint density at radius 3 is 2.80 bits per heavy atom. The molecule has 0 spiro atoms. The zero-order chi connectivity index (χ0) is 28.1. The van der Waals surface area contributed by atoms with Gasteiger partial charge in [-0.1, -0.05) is 0 Å². The van der Waals surface area contributed by atoms with Crippen LogP contribution in [0.1, 0.15) is 16.7 Å². The Morgan fingerprint density at radius 2 is 2.05 bits per heavy atom. The fourth-order valence-electron chi connectivity index (χ4n) is 4.85. The van der Waals surface area contributed by atoms with E-state index in [0.717, 1.165) is 28.2 Å². The molecule has 0 bridgehead atoms. The average molecular weight is 560 g/mol. The lowest BCUT2D eigenvalue weighted by atomic mass is 10.1. The van der Waals surface area contributed by atoms with Crippen molar-refractivity contribution < 1.29 is 28.2 Å². The molecule has 40 heavy (non-hydrogen) atoms. The number of anilines is 1. The minimum Gasteiger partial charge on any atom is -0.485 e. The molecule has 0 saturated heterocycles. The number of hydrogen-bond acceptors (Lipinski definition) is 8. The van der Waals surface area contributed by atoms with Gasteiger partial charge in [-0.3, -0.25) is 4.90 Å². The molecular weight excluding hydrogens is 540 g/mol. The molecule has 5 aromatic rings. The van der Waals surface area contributed by atoms with Crippen LogP contribution in [0.4, 0.5) is 19.3 Å². The second kappa shape index (κ2) is 9.69. The highest BCUT2D eigenvalue weighted by molar-refractivity contribution is 7.22. The maximum absolute atomic E-state index is 15.2. The van der Waals surface area contributed by atoms with Crippen LogP contribution in [0.3, 0.4) is 0 Å². The minimum atomic E-state index is -1.36. The quantitative estimate of drug-likeness (QED) is 0.284. The highest BCUT2D eigenvalue weighted by atomic mass is 32.1. The molecule has 0 radical (unpaired) electrons. The zero-order valence-corrected chi connectivity index (χ0v) is 21.9. The molecule has 3 aromatic carbocycles. The smallest absolute Gasteiger partial charge is 0.411 e. The molecule has 6 rings (SSSR count). The first kappa shape index (κ1) is 25.4. The van der Waals surface area contributed by atoms with Crippen molar-refractivity contribution in [3.8, 4) is 28.3 Å². The van der Waals surface area contributed by atoms with Crippen LogP contribution in [0.25, 0.3) is 31.8 Å². The third-order valence-corrected chi connectivity index (χ3v) is 7.71. The average Bonchev–Trinajstić information content (AvgIpc) is 3.55. The molecule has 3 heterocycles. The van der Waals surface area contributed by atoms with Crippen LogP contribution >= 0.6 is 11.3 Å². The van der Waals surface area contributed by atoms with Gasteiger partial charge in [-0.15, -0.1) is 11.3 Å². The van der Waals surface area contributed by atoms with Gasteiger partial charge in [-0.05, 0) is 42.8 Å². The summed E-state index contributed by atoms with van der Waals surface area (Å²) in [6.07, 6.45) is -0.370. The van der Waals surface area contributed by atoms with Crippen LogP contribution in [-0.4, -0.2) is 45.9 Å². The van der Waals surface area contributed by atoms with Crippen molar-refractivity contribution in [3.63, 3.8) is 0 Å². The van der Waals surface area contributed by atoms with Crippen molar-refractivity contribution in [1.29, 1.82) is 5.26 Å². The van der Waals surface area contributed by atoms with Gasteiger partial charge in [0.15, 0.2) is 11.6 Å². The Bertz CT molecular complexity index is 1890. The Balaban J connectivity index is 1.37. The van der Waals surface area contributed by atoms with Crippen LogP contribution in [0, 0.1) is 29.9 Å². The number of hydrogen-bond donors (Lipinski definition) is 1. The van der Waals surface area contributed by atoms with Crippen LogP contribution < -0.4 is 14.4 Å². The standard InChI is InChI=1S/C28H19F2N5O4S/c1-13-3-18(24-21(4-13)33-23(38-2)11-32-24)27-34-22-9-20(30)25-19(26(22)40-27)8-17(39-25)12-35(28(36)37)16-6-14(10-31)5-15(29)7-16/h3-7,9,11,17H,8,12H2,1-2H3,(H,36,37)/t17-/m1/s1. The van der Waals surface area contributed by atoms with E-state index in [1.807, 2.05) is 25.1 Å². The van der Waals surface area contributed by atoms with Crippen LogP contribution in [-0.2, 0) is 6.42 Å². The molecular formula is C28H19F2N5O4S. The lowest BCUT2D eigenvalue weighted by Crippen LogP contribution is -2.38. The third-order valence-electron chi connectivity index (χ3n) is 6.55. The highest BCUT2D eigenvalue weighted by Crippen LogP contribution is 2.43. The number of ether oxygens (including phenoxy) is 2. The molecule has 12 heteroatoms. The molecule has 2 aromatic heterocycles. The summed E-state index contributed by atoms with van der Waals surface area (Å²) in [6, 6.07) is 10.3. The second-order valence-electron chi connectivity index (χ2n) is 9.27. The van der Waals surface area contributed by atoms with E-state index in [-0.39, 0.29) is 30.0 Å². The molecule has 1 N–H and O–H groups in total.